The molecule has 1 aliphatic heterocycles. The van der Waals surface area contributed by atoms with Crippen molar-refractivity contribution in [2.45, 2.75) is 142 Å². The monoisotopic (exact) mass is 380 g/mol. The number of unbranched alkanes of at least 4 members (excludes halogenated alkanes) is 14. The smallest absolute Gasteiger partial charge is 0.134 e. The summed E-state index contributed by atoms with van der Waals surface area (Å²) in [6.45, 7) is 7.60. The van der Waals surface area contributed by atoms with Crippen LogP contribution in [0.15, 0.2) is 10.3 Å². The lowest BCUT2D eigenvalue weighted by Crippen LogP contribution is -2.51. The summed E-state index contributed by atoms with van der Waals surface area (Å²) in [5, 5.41) is 10.3. The Morgan fingerprint density at radius 3 is 1.48 bits per heavy atom. The maximum atomic E-state index is 4.09. The number of hydrogen-bond donors (Lipinski definition) is 1. The van der Waals surface area contributed by atoms with Gasteiger partial charge in [-0.2, -0.15) is 10.1 Å². The predicted octanol–water partition coefficient (Wildman–Crippen LogP) is 7.95. The minimum atomic E-state index is 0.236. The van der Waals surface area contributed by atoms with Crippen molar-refractivity contribution in [3.05, 3.63) is 0 Å². The molecule has 4 heteroatoms. The Labute approximate surface area is 169 Å². The second-order valence-electron chi connectivity index (χ2n) is 8.54. The minimum absolute atomic E-state index is 0.236. The maximum Gasteiger partial charge on any atom is 0.134 e. The van der Waals surface area contributed by atoms with Gasteiger partial charge in [-0.25, -0.2) is 5.53 Å². The van der Waals surface area contributed by atoms with Gasteiger partial charge >= 0.3 is 0 Å². The summed E-state index contributed by atoms with van der Waals surface area (Å²) in [6.07, 6.45) is 25.0. The third-order valence-corrected chi connectivity index (χ3v) is 6.58. The first-order valence-electron chi connectivity index (χ1n) is 12.2. The van der Waals surface area contributed by atoms with Gasteiger partial charge in [-0.05, 0) is 19.3 Å². The van der Waals surface area contributed by atoms with E-state index in [9.17, 15) is 0 Å². The molecule has 0 aromatic heterocycles. The summed E-state index contributed by atoms with van der Waals surface area (Å²) < 4.78 is 0. The third-order valence-electron chi connectivity index (χ3n) is 6.58. The molecule has 0 saturated carbocycles. The van der Waals surface area contributed by atoms with Crippen molar-refractivity contribution in [3.63, 3.8) is 0 Å². The van der Waals surface area contributed by atoms with E-state index in [1.54, 1.807) is 0 Å². The normalized spacial score (nSPS) is 14.8. The van der Waals surface area contributed by atoms with Gasteiger partial charge in [-0.3, -0.25) is 0 Å². The van der Waals surface area contributed by atoms with Crippen LogP contribution >= 0.6 is 0 Å². The molecule has 0 bridgehead atoms. The summed E-state index contributed by atoms with van der Waals surface area (Å²) in [7, 11) is 0. The van der Waals surface area contributed by atoms with Gasteiger partial charge in [-0.1, -0.05) is 122 Å². The van der Waals surface area contributed by atoms with Crippen molar-refractivity contribution in [3.8, 4) is 0 Å². The van der Waals surface area contributed by atoms with Crippen LogP contribution in [0.3, 0.4) is 0 Å². The second kappa shape index (κ2) is 16.3. The van der Waals surface area contributed by atoms with E-state index in [1.807, 2.05) is 0 Å². The quantitative estimate of drug-likeness (QED) is 0.231. The van der Waals surface area contributed by atoms with Crippen LogP contribution in [-0.4, -0.2) is 17.2 Å². The van der Waals surface area contributed by atoms with Crippen LogP contribution in [0, 0.1) is 0 Å². The largest absolute Gasteiger partial charge is 0.219 e. The summed E-state index contributed by atoms with van der Waals surface area (Å²) in [6, 6.07) is 0. The van der Waals surface area contributed by atoms with Gasteiger partial charge in [0.15, 0.2) is 0 Å². The van der Waals surface area contributed by atoms with Gasteiger partial charge < -0.3 is 0 Å². The summed E-state index contributed by atoms with van der Waals surface area (Å²) in [5.41, 5.74) is 3.33. The summed E-state index contributed by atoms with van der Waals surface area (Å²) >= 11 is 0. The van der Waals surface area contributed by atoms with E-state index in [-0.39, 0.29) is 5.54 Å². The van der Waals surface area contributed by atoms with Crippen LogP contribution in [0.2, 0.25) is 0 Å². The van der Waals surface area contributed by atoms with Gasteiger partial charge in [0, 0.05) is 5.54 Å². The molecule has 0 unspecified atom stereocenters. The van der Waals surface area contributed by atoms with E-state index in [0.717, 1.165) is 0 Å². The van der Waals surface area contributed by atoms with Gasteiger partial charge in [0.2, 0.25) is 0 Å². The molecule has 0 atom stereocenters. The average molecular weight is 381 g/mol. The Morgan fingerprint density at radius 2 is 1.11 bits per heavy atom. The number of nitrogens with zero attached hydrogens (tertiary/aromatic N) is 3. The SMILES string of the molecule is CCCCCCCCCCCCCCCCCC(CC)(CC)N1CN=NN1. The lowest BCUT2D eigenvalue weighted by Gasteiger charge is -2.39. The molecule has 0 aromatic carbocycles. The average Bonchev–Trinajstić information content (AvgIpc) is 3.23. The standard InChI is InChI=1S/C23H48N4/c1-4-7-8-9-10-11-12-13-14-15-16-17-18-19-20-21-23(5-2,6-3)27-22-24-25-26-27/h4-22H2,1-3H3,(H,24,26). The van der Waals surface area contributed by atoms with Crippen LogP contribution in [0.4, 0.5) is 0 Å². The molecule has 0 saturated heterocycles. The lowest BCUT2D eigenvalue weighted by atomic mass is 9.86. The van der Waals surface area contributed by atoms with Gasteiger partial charge in [-0.15, -0.1) is 0 Å². The first-order chi connectivity index (χ1) is 13.3. The molecule has 160 valence electrons. The van der Waals surface area contributed by atoms with Gasteiger partial charge in [0.05, 0.1) is 0 Å². The third kappa shape index (κ3) is 10.5. The van der Waals surface area contributed by atoms with E-state index in [0.29, 0.717) is 6.67 Å². The molecular formula is C23H48N4. The van der Waals surface area contributed by atoms with Gasteiger partial charge in [0.25, 0.3) is 0 Å². The Hall–Kier alpha value is -0.640. The van der Waals surface area contributed by atoms with Crippen molar-refractivity contribution >= 4 is 0 Å². The van der Waals surface area contributed by atoms with Gasteiger partial charge in [0.1, 0.15) is 6.67 Å². The fourth-order valence-corrected chi connectivity index (χ4v) is 4.41. The molecule has 1 N–H and O–H groups in total. The van der Waals surface area contributed by atoms with E-state index in [4.69, 9.17) is 0 Å². The molecule has 0 fully saturated rings. The molecular weight excluding hydrogens is 332 g/mol. The molecule has 0 radical (unpaired) electrons. The van der Waals surface area contributed by atoms with Crippen LogP contribution in [0.25, 0.3) is 0 Å². The molecule has 0 spiro atoms. The Kier molecular flexibility index (Phi) is 14.8. The first kappa shape index (κ1) is 24.4. The number of hydrazine groups is 1. The molecule has 4 nitrogen and oxygen atoms in total. The Balaban J connectivity index is 1.89. The van der Waals surface area contributed by atoms with Crippen LogP contribution < -0.4 is 5.53 Å². The summed E-state index contributed by atoms with van der Waals surface area (Å²) in [5.74, 6) is 0. The van der Waals surface area contributed by atoms with Crippen LogP contribution in [-0.2, 0) is 0 Å². The van der Waals surface area contributed by atoms with Crippen LogP contribution in [0.1, 0.15) is 136 Å². The zero-order valence-corrected chi connectivity index (χ0v) is 18.8. The predicted molar refractivity (Wildman–Crippen MR) is 118 cm³/mol. The summed E-state index contributed by atoms with van der Waals surface area (Å²) in [4.78, 5) is 0. The number of hydrogen-bond acceptors (Lipinski definition) is 4. The Bertz CT molecular complexity index is 344. The number of nitrogens with one attached hydrogen (secondary N) is 1. The van der Waals surface area contributed by atoms with Crippen molar-refractivity contribution < 1.29 is 0 Å². The zero-order valence-electron chi connectivity index (χ0n) is 18.8. The van der Waals surface area contributed by atoms with Crippen molar-refractivity contribution in [2.24, 2.45) is 10.3 Å². The van der Waals surface area contributed by atoms with E-state index >= 15 is 0 Å². The lowest BCUT2D eigenvalue weighted by molar-refractivity contribution is 0.0399. The molecule has 0 amide bonds. The molecule has 0 aromatic rings. The van der Waals surface area contributed by atoms with Crippen molar-refractivity contribution in [1.29, 1.82) is 0 Å². The molecule has 1 aliphatic rings. The molecule has 1 rings (SSSR count). The van der Waals surface area contributed by atoms with Crippen LogP contribution in [0.5, 0.6) is 0 Å². The minimum Gasteiger partial charge on any atom is -0.219 e. The number of rotatable bonds is 19. The first-order valence-corrected chi connectivity index (χ1v) is 12.2. The van der Waals surface area contributed by atoms with E-state index in [1.165, 1.54) is 116 Å². The second-order valence-corrected chi connectivity index (χ2v) is 8.54. The highest BCUT2D eigenvalue weighted by Gasteiger charge is 2.34. The van der Waals surface area contributed by atoms with Crippen molar-refractivity contribution in [2.75, 3.05) is 6.67 Å². The highest BCUT2D eigenvalue weighted by Crippen LogP contribution is 2.30. The maximum absolute atomic E-state index is 4.09. The molecule has 1 heterocycles. The van der Waals surface area contributed by atoms with Crippen molar-refractivity contribution in [1.82, 2.24) is 10.5 Å². The fraction of sp³-hybridized carbons (Fsp3) is 1.00. The topological polar surface area (TPSA) is 40.0 Å². The highest BCUT2D eigenvalue weighted by molar-refractivity contribution is 4.86. The van der Waals surface area contributed by atoms with E-state index in [2.05, 4.69) is 41.7 Å². The molecule has 27 heavy (non-hydrogen) atoms. The fourth-order valence-electron chi connectivity index (χ4n) is 4.41. The zero-order chi connectivity index (χ0) is 19.6. The molecule has 0 aliphatic carbocycles. The Morgan fingerprint density at radius 1 is 0.667 bits per heavy atom. The van der Waals surface area contributed by atoms with E-state index < -0.39 is 0 Å². The highest BCUT2D eigenvalue weighted by atomic mass is 15.8.